The number of hydrogen-bond donors (Lipinski definition) is 0. The van der Waals surface area contributed by atoms with E-state index >= 15 is 0 Å². The Morgan fingerprint density at radius 2 is 1.76 bits per heavy atom. The van der Waals surface area contributed by atoms with E-state index in [1.54, 1.807) is 0 Å². The highest BCUT2D eigenvalue weighted by atomic mass is 16.1. The van der Waals surface area contributed by atoms with Gasteiger partial charge in [-0.1, -0.05) is 20.8 Å². The summed E-state index contributed by atoms with van der Waals surface area (Å²) in [5, 5.41) is 0. The molecular weight excluding hydrogens is 212 g/mol. The Bertz CT molecular complexity index is 247. The van der Waals surface area contributed by atoms with Gasteiger partial charge in [-0.3, -0.25) is 4.79 Å². The monoisotopic (exact) mass is 240 g/mol. The van der Waals surface area contributed by atoms with E-state index in [9.17, 15) is 4.79 Å². The molecule has 0 bridgehead atoms. The van der Waals surface area contributed by atoms with Gasteiger partial charge in [0.05, 0.1) is 0 Å². The summed E-state index contributed by atoms with van der Waals surface area (Å²) < 4.78 is 0. The fraction of sp³-hybridized carbons (Fsp3) is 0.929. The first kappa shape index (κ1) is 14.7. The number of hydrogen-bond acceptors (Lipinski definition) is 3. The van der Waals surface area contributed by atoms with Crippen molar-refractivity contribution < 1.29 is 4.79 Å². The summed E-state index contributed by atoms with van der Waals surface area (Å²) in [6, 6.07) is 0. The van der Waals surface area contributed by atoms with Crippen molar-refractivity contribution >= 4 is 5.78 Å². The molecule has 0 aliphatic carbocycles. The second kappa shape index (κ2) is 5.96. The molecule has 1 heterocycles. The van der Waals surface area contributed by atoms with E-state index in [2.05, 4.69) is 23.9 Å². The van der Waals surface area contributed by atoms with Crippen molar-refractivity contribution in [3.63, 3.8) is 0 Å². The van der Waals surface area contributed by atoms with Crippen molar-refractivity contribution in [1.82, 2.24) is 9.80 Å². The van der Waals surface area contributed by atoms with Gasteiger partial charge in [-0.2, -0.15) is 0 Å². The number of rotatable bonds is 4. The zero-order chi connectivity index (χ0) is 13.1. The number of likely N-dealkylation sites (tertiary alicyclic amines) is 1. The van der Waals surface area contributed by atoms with Gasteiger partial charge in [0.25, 0.3) is 0 Å². The molecule has 17 heavy (non-hydrogen) atoms. The molecule has 3 nitrogen and oxygen atoms in total. The Kier molecular flexibility index (Phi) is 5.14. The minimum Gasteiger partial charge on any atom is -0.308 e. The maximum absolute atomic E-state index is 12.2. The van der Waals surface area contributed by atoms with Crippen LogP contribution in [0.2, 0.25) is 0 Å². The molecule has 1 saturated heterocycles. The molecule has 3 heteroatoms. The summed E-state index contributed by atoms with van der Waals surface area (Å²) in [4.78, 5) is 16.9. The third-order valence-corrected chi connectivity index (χ3v) is 3.56. The van der Waals surface area contributed by atoms with E-state index < -0.39 is 0 Å². The highest BCUT2D eigenvalue weighted by Crippen LogP contribution is 2.27. The summed E-state index contributed by atoms with van der Waals surface area (Å²) in [6.45, 7) is 10.5. The van der Waals surface area contributed by atoms with Gasteiger partial charge in [0.15, 0.2) is 0 Å². The molecule has 0 unspecified atom stereocenters. The zero-order valence-corrected chi connectivity index (χ0v) is 12.1. The maximum Gasteiger partial charge on any atom is 0.141 e. The van der Waals surface area contributed by atoms with Crippen LogP contribution >= 0.6 is 0 Å². The van der Waals surface area contributed by atoms with E-state index in [4.69, 9.17) is 0 Å². The zero-order valence-electron chi connectivity index (χ0n) is 12.1. The number of nitrogens with zero attached hydrogens (tertiary/aromatic N) is 2. The van der Waals surface area contributed by atoms with Gasteiger partial charge in [-0.25, -0.2) is 0 Å². The summed E-state index contributed by atoms with van der Waals surface area (Å²) >= 11 is 0. The molecule has 0 aromatic heterocycles. The van der Waals surface area contributed by atoms with Gasteiger partial charge in [0.2, 0.25) is 0 Å². The Balaban J connectivity index is 2.33. The van der Waals surface area contributed by atoms with Gasteiger partial charge in [0.1, 0.15) is 5.78 Å². The van der Waals surface area contributed by atoms with Crippen LogP contribution in [-0.4, -0.2) is 55.9 Å². The van der Waals surface area contributed by atoms with E-state index in [0.717, 1.165) is 39.0 Å². The van der Waals surface area contributed by atoms with Gasteiger partial charge >= 0.3 is 0 Å². The molecule has 0 radical (unpaired) electrons. The molecule has 1 aliphatic rings. The standard InChI is InChI=1S/C14H28N2O/c1-14(2,3)13(17)12-6-8-16(9-7-12)11-10-15(4)5/h12H,6-11H2,1-5H3. The highest BCUT2D eigenvalue weighted by Gasteiger charge is 2.31. The molecule has 1 fully saturated rings. The first-order valence-electron chi connectivity index (χ1n) is 6.72. The van der Waals surface area contributed by atoms with Crippen LogP contribution in [0.25, 0.3) is 0 Å². The molecule has 0 atom stereocenters. The predicted molar refractivity (Wildman–Crippen MR) is 72.2 cm³/mol. The SMILES string of the molecule is CN(C)CCN1CCC(C(=O)C(C)(C)C)CC1. The van der Waals surface area contributed by atoms with Crippen molar-refractivity contribution in [1.29, 1.82) is 0 Å². The fourth-order valence-electron chi connectivity index (χ4n) is 2.37. The number of carbonyl (C=O) groups is 1. The lowest BCUT2D eigenvalue weighted by atomic mass is 9.79. The molecule has 0 saturated carbocycles. The van der Waals surface area contributed by atoms with Crippen LogP contribution in [0.15, 0.2) is 0 Å². The lowest BCUT2D eigenvalue weighted by Crippen LogP contribution is -2.41. The topological polar surface area (TPSA) is 23.6 Å². The number of Topliss-reactive ketones (excluding diaryl/α,β-unsaturated/α-hetero) is 1. The van der Waals surface area contributed by atoms with Gasteiger partial charge in [0, 0.05) is 24.4 Å². The van der Waals surface area contributed by atoms with E-state index in [1.807, 2.05) is 20.8 Å². The molecular formula is C14H28N2O. The number of ketones is 1. The highest BCUT2D eigenvalue weighted by molar-refractivity contribution is 5.86. The van der Waals surface area contributed by atoms with Gasteiger partial charge in [-0.15, -0.1) is 0 Å². The van der Waals surface area contributed by atoms with Crippen LogP contribution in [0.5, 0.6) is 0 Å². The van der Waals surface area contributed by atoms with Crippen LogP contribution in [0, 0.1) is 11.3 Å². The molecule has 0 N–H and O–H groups in total. The Morgan fingerprint density at radius 3 is 2.18 bits per heavy atom. The molecule has 0 amide bonds. The smallest absolute Gasteiger partial charge is 0.141 e. The third kappa shape index (κ3) is 4.76. The van der Waals surface area contributed by atoms with Crippen LogP contribution < -0.4 is 0 Å². The molecule has 0 aromatic rings. The van der Waals surface area contributed by atoms with Crippen LogP contribution in [-0.2, 0) is 4.79 Å². The molecule has 0 spiro atoms. The fourth-order valence-corrected chi connectivity index (χ4v) is 2.37. The molecule has 0 aromatic carbocycles. The first-order valence-corrected chi connectivity index (χ1v) is 6.72. The molecule has 100 valence electrons. The van der Waals surface area contributed by atoms with Gasteiger partial charge in [-0.05, 0) is 40.0 Å². The number of carbonyl (C=O) groups excluding carboxylic acids is 1. The van der Waals surface area contributed by atoms with Crippen LogP contribution in [0.4, 0.5) is 0 Å². The lowest BCUT2D eigenvalue weighted by molar-refractivity contribution is -0.131. The minimum absolute atomic E-state index is 0.170. The predicted octanol–water partition coefficient (Wildman–Crippen LogP) is 1.88. The van der Waals surface area contributed by atoms with E-state index in [1.165, 1.54) is 0 Å². The first-order chi connectivity index (χ1) is 7.80. The Labute approximate surface area is 106 Å². The number of likely N-dealkylation sites (N-methyl/N-ethyl adjacent to an activating group) is 1. The van der Waals surface area contributed by atoms with Crippen molar-refractivity contribution in [3.8, 4) is 0 Å². The third-order valence-electron chi connectivity index (χ3n) is 3.56. The summed E-state index contributed by atoms with van der Waals surface area (Å²) in [7, 11) is 4.21. The average molecular weight is 240 g/mol. The average Bonchev–Trinajstić information content (AvgIpc) is 2.25. The molecule has 1 rings (SSSR count). The van der Waals surface area contributed by atoms with Crippen LogP contribution in [0.1, 0.15) is 33.6 Å². The summed E-state index contributed by atoms with van der Waals surface area (Å²) in [5.41, 5.74) is -0.170. The van der Waals surface area contributed by atoms with E-state index in [-0.39, 0.29) is 5.41 Å². The molecule has 1 aliphatic heterocycles. The van der Waals surface area contributed by atoms with Crippen molar-refractivity contribution in [3.05, 3.63) is 0 Å². The largest absolute Gasteiger partial charge is 0.308 e. The normalized spacial score (nSPS) is 19.9. The lowest BCUT2D eigenvalue weighted by Gasteiger charge is -2.34. The van der Waals surface area contributed by atoms with Crippen molar-refractivity contribution in [2.75, 3.05) is 40.3 Å². The Hall–Kier alpha value is -0.410. The van der Waals surface area contributed by atoms with Crippen LogP contribution in [0.3, 0.4) is 0 Å². The quantitative estimate of drug-likeness (QED) is 0.749. The van der Waals surface area contributed by atoms with Crippen molar-refractivity contribution in [2.24, 2.45) is 11.3 Å². The maximum atomic E-state index is 12.2. The van der Waals surface area contributed by atoms with Gasteiger partial charge < -0.3 is 9.80 Å². The van der Waals surface area contributed by atoms with E-state index in [0.29, 0.717) is 11.7 Å². The second-order valence-electron chi connectivity index (χ2n) is 6.53. The number of piperidine rings is 1. The minimum atomic E-state index is -0.170. The second-order valence-corrected chi connectivity index (χ2v) is 6.53. The summed E-state index contributed by atoms with van der Waals surface area (Å²) in [5.74, 6) is 0.746. The summed E-state index contributed by atoms with van der Waals surface area (Å²) in [6.07, 6.45) is 2.09. The van der Waals surface area contributed by atoms with Crippen molar-refractivity contribution in [2.45, 2.75) is 33.6 Å². The Morgan fingerprint density at radius 1 is 1.24 bits per heavy atom.